The second-order valence-electron chi connectivity index (χ2n) is 6.41. The van der Waals surface area contributed by atoms with Crippen LogP contribution in [0.25, 0.3) is 21.7 Å². The van der Waals surface area contributed by atoms with Gasteiger partial charge in [-0.25, -0.2) is 9.98 Å². The molecule has 4 rings (SSSR count). The molecule has 0 spiro atoms. The van der Waals surface area contributed by atoms with Crippen molar-refractivity contribution in [2.45, 2.75) is 0 Å². The van der Waals surface area contributed by atoms with Crippen molar-refractivity contribution in [2.24, 2.45) is 4.99 Å². The molecule has 0 fully saturated rings. The number of halogens is 1. The third-order valence-corrected chi connectivity index (χ3v) is 5.79. The fraction of sp³-hybridized carbons (Fsp3) is 0.0833. The molecule has 0 atom stereocenters. The van der Waals surface area contributed by atoms with Gasteiger partial charge in [-0.2, -0.15) is 0 Å². The van der Waals surface area contributed by atoms with Crippen LogP contribution in [0.5, 0.6) is 11.5 Å². The minimum absolute atomic E-state index is 0.664. The second kappa shape index (κ2) is 9.11. The van der Waals surface area contributed by atoms with Crippen LogP contribution in [0.1, 0.15) is 5.56 Å². The zero-order chi connectivity index (χ0) is 20.9. The van der Waals surface area contributed by atoms with E-state index < -0.39 is 0 Å². The minimum atomic E-state index is 0.664. The van der Waals surface area contributed by atoms with Crippen molar-refractivity contribution < 1.29 is 9.47 Å². The predicted molar refractivity (Wildman–Crippen MR) is 125 cm³/mol. The lowest BCUT2D eigenvalue weighted by Crippen LogP contribution is -1.92. The van der Waals surface area contributed by atoms with Gasteiger partial charge < -0.3 is 9.47 Å². The lowest BCUT2D eigenvalue weighted by Gasteiger charge is -2.06. The van der Waals surface area contributed by atoms with E-state index in [4.69, 9.17) is 26.1 Å². The number of hydrogen-bond donors (Lipinski definition) is 0. The summed E-state index contributed by atoms with van der Waals surface area (Å²) in [5.74, 6) is 1.42. The highest BCUT2D eigenvalue weighted by Crippen LogP contribution is 2.40. The first-order chi connectivity index (χ1) is 14.7. The molecule has 0 saturated heterocycles. The maximum absolute atomic E-state index is 6.07. The molecule has 1 aromatic heterocycles. The van der Waals surface area contributed by atoms with Gasteiger partial charge >= 0.3 is 0 Å². The number of benzene rings is 3. The van der Waals surface area contributed by atoms with Gasteiger partial charge in [0.2, 0.25) is 5.13 Å². The number of nitrogens with zero attached hydrogens (tertiary/aromatic N) is 2. The molecule has 0 aliphatic carbocycles. The molecule has 0 radical (unpaired) electrons. The summed E-state index contributed by atoms with van der Waals surface area (Å²) in [5, 5.41) is 1.36. The molecule has 150 valence electrons. The number of aliphatic imine (C=N–C) groups is 1. The standard InChI is InChI=1S/C24H19ClN2O2S/c1-28-20-13-10-18(21(14-20)29-2)15-26-24-27-22(16-8-11-19(25)12-9-16)23(30-24)17-6-4-3-5-7-17/h3-15H,1-2H3. The molecule has 0 N–H and O–H groups in total. The van der Waals surface area contributed by atoms with Gasteiger partial charge in [-0.1, -0.05) is 65.4 Å². The van der Waals surface area contributed by atoms with Crippen LogP contribution in [-0.2, 0) is 0 Å². The van der Waals surface area contributed by atoms with Crippen molar-refractivity contribution in [3.8, 4) is 33.2 Å². The highest BCUT2D eigenvalue weighted by Gasteiger charge is 2.15. The van der Waals surface area contributed by atoms with Crippen LogP contribution in [0.4, 0.5) is 5.13 Å². The fourth-order valence-corrected chi connectivity index (χ4v) is 4.07. The van der Waals surface area contributed by atoms with E-state index in [-0.39, 0.29) is 0 Å². The number of rotatable bonds is 6. The number of methoxy groups -OCH3 is 2. The minimum Gasteiger partial charge on any atom is -0.497 e. The Morgan fingerprint density at radius 2 is 1.67 bits per heavy atom. The van der Waals surface area contributed by atoms with E-state index in [0.717, 1.165) is 33.0 Å². The number of hydrogen-bond acceptors (Lipinski definition) is 5. The molecule has 4 aromatic rings. The fourth-order valence-electron chi connectivity index (χ4n) is 3.00. The van der Waals surface area contributed by atoms with Crippen LogP contribution >= 0.6 is 22.9 Å². The second-order valence-corrected chi connectivity index (χ2v) is 7.83. The van der Waals surface area contributed by atoms with E-state index in [2.05, 4.69) is 17.1 Å². The van der Waals surface area contributed by atoms with Crippen molar-refractivity contribution in [3.63, 3.8) is 0 Å². The highest BCUT2D eigenvalue weighted by molar-refractivity contribution is 7.19. The maximum Gasteiger partial charge on any atom is 0.210 e. The Bertz CT molecular complexity index is 1170. The van der Waals surface area contributed by atoms with Crippen molar-refractivity contribution in [1.82, 2.24) is 4.98 Å². The van der Waals surface area contributed by atoms with Crippen LogP contribution in [0.15, 0.2) is 77.8 Å². The molecule has 1 heterocycles. The first-order valence-electron chi connectivity index (χ1n) is 9.26. The molecule has 30 heavy (non-hydrogen) atoms. The van der Waals surface area contributed by atoms with Gasteiger partial charge in [0.15, 0.2) is 0 Å². The molecule has 0 amide bonds. The molecule has 0 bridgehead atoms. The number of ether oxygens (including phenoxy) is 2. The quantitative estimate of drug-likeness (QED) is 0.310. The van der Waals surface area contributed by atoms with Gasteiger partial charge in [-0.15, -0.1) is 0 Å². The van der Waals surface area contributed by atoms with Crippen LogP contribution in [0, 0.1) is 0 Å². The van der Waals surface area contributed by atoms with Crippen molar-refractivity contribution >= 4 is 34.3 Å². The molecular formula is C24H19ClN2O2S. The van der Waals surface area contributed by atoms with Crippen LogP contribution in [-0.4, -0.2) is 25.4 Å². The van der Waals surface area contributed by atoms with Gasteiger partial charge in [-0.05, 0) is 29.8 Å². The van der Waals surface area contributed by atoms with E-state index in [9.17, 15) is 0 Å². The van der Waals surface area contributed by atoms with Crippen molar-refractivity contribution in [1.29, 1.82) is 0 Å². The van der Waals surface area contributed by atoms with E-state index in [1.54, 1.807) is 31.8 Å². The smallest absolute Gasteiger partial charge is 0.210 e. The summed E-state index contributed by atoms with van der Waals surface area (Å²) in [6.07, 6.45) is 1.76. The summed E-state index contributed by atoms with van der Waals surface area (Å²) in [6.45, 7) is 0. The molecule has 0 aliphatic heterocycles. The van der Waals surface area contributed by atoms with Gasteiger partial charge in [0.05, 0.1) is 24.8 Å². The largest absolute Gasteiger partial charge is 0.497 e. The Morgan fingerprint density at radius 1 is 0.900 bits per heavy atom. The monoisotopic (exact) mass is 434 g/mol. The topological polar surface area (TPSA) is 43.7 Å². The molecule has 0 saturated carbocycles. The number of thiazole rings is 1. The molecule has 0 aliphatic rings. The summed E-state index contributed by atoms with van der Waals surface area (Å²) in [4.78, 5) is 10.5. The Kier molecular flexibility index (Phi) is 6.12. The van der Waals surface area contributed by atoms with E-state index in [1.807, 2.05) is 60.7 Å². The zero-order valence-corrected chi connectivity index (χ0v) is 18.1. The van der Waals surface area contributed by atoms with Crippen LogP contribution in [0.2, 0.25) is 5.02 Å². The van der Waals surface area contributed by atoms with Gasteiger partial charge in [-0.3, -0.25) is 0 Å². The van der Waals surface area contributed by atoms with Gasteiger partial charge in [0, 0.05) is 28.4 Å². The van der Waals surface area contributed by atoms with Crippen molar-refractivity contribution in [2.75, 3.05) is 14.2 Å². The average molecular weight is 435 g/mol. The van der Waals surface area contributed by atoms with Gasteiger partial charge in [0.1, 0.15) is 11.5 Å². The SMILES string of the molecule is COc1ccc(C=Nc2nc(-c3ccc(Cl)cc3)c(-c3ccccc3)s2)c(OC)c1. The Balaban J connectivity index is 1.74. The molecule has 0 unspecified atom stereocenters. The summed E-state index contributed by atoms with van der Waals surface area (Å²) in [5.41, 5.74) is 3.83. The first kappa shape index (κ1) is 20.1. The summed E-state index contributed by atoms with van der Waals surface area (Å²) in [7, 11) is 3.25. The molecule has 3 aromatic carbocycles. The first-order valence-corrected chi connectivity index (χ1v) is 10.5. The zero-order valence-electron chi connectivity index (χ0n) is 16.5. The number of aromatic nitrogens is 1. The van der Waals surface area contributed by atoms with Crippen LogP contribution < -0.4 is 9.47 Å². The summed E-state index contributed by atoms with van der Waals surface area (Å²) < 4.78 is 10.7. The lowest BCUT2D eigenvalue weighted by atomic mass is 10.1. The molecule has 6 heteroatoms. The van der Waals surface area contributed by atoms with E-state index in [0.29, 0.717) is 15.9 Å². The molecule has 4 nitrogen and oxygen atoms in total. The van der Waals surface area contributed by atoms with Gasteiger partial charge in [0.25, 0.3) is 0 Å². The third kappa shape index (κ3) is 4.37. The van der Waals surface area contributed by atoms with Crippen molar-refractivity contribution in [3.05, 3.63) is 83.4 Å². The maximum atomic E-state index is 6.07. The normalized spacial score (nSPS) is 11.0. The summed E-state index contributed by atoms with van der Waals surface area (Å²) >= 11 is 7.61. The Morgan fingerprint density at radius 3 is 2.37 bits per heavy atom. The predicted octanol–water partition coefficient (Wildman–Crippen LogP) is 6.90. The lowest BCUT2D eigenvalue weighted by molar-refractivity contribution is 0.394. The third-order valence-electron chi connectivity index (χ3n) is 4.52. The van der Waals surface area contributed by atoms with E-state index in [1.165, 1.54) is 0 Å². The van der Waals surface area contributed by atoms with Crippen LogP contribution in [0.3, 0.4) is 0 Å². The average Bonchev–Trinajstić information content (AvgIpc) is 3.23. The molecular weight excluding hydrogens is 416 g/mol. The summed E-state index contributed by atoms with van der Waals surface area (Å²) in [6, 6.07) is 23.5. The highest BCUT2D eigenvalue weighted by atomic mass is 35.5. The van der Waals surface area contributed by atoms with E-state index >= 15 is 0 Å². The Hall–Kier alpha value is -3.15. The Labute approximate surface area is 184 Å².